The molecule has 1 aliphatic heterocycles. The summed E-state index contributed by atoms with van der Waals surface area (Å²) >= 11 is 0. The molecule has 0 radical (unpaired) electrons. The fourth-order valence-corrected chi connectivity index (χ4v) is 3.56. The molecule has 1 aromatic rings. The van der Waals surface area contributed by atoms with Gasteiger partial charge in [0.05, 0.1) is 25.7 Å². The van der Waals surface area contributed by atoms with Crippen LogP contribution in [0.15, 0.2) is 23.1 Å². The van der Waals surface area contributed by atoms with Gasteiger partial charge in [0.15, 0.2) is 11.5 Å². The maximum absolute atomic E-state index is 12.6. The Balaban J connectivity index is 2.36. The molecular formula is C13H18N2O5S. The number of carbonyl (C=O) groups is 1. The minimum Gasteiger partial charge on any atom is -0.493 e. The van der Waals surface area contributed by atoms with Gasteiger partial charge in [-0.3, -0.25) is 4.79 Å². The summed E-state index contributed by atoms with van der Waals surface area (Å²) in [5.74, 6) is 0.486. The molecule has 0 atom stereocenters. The Morgan fingerprint density at radius 2 is 1.90 bits per heavy atom. The highest BCUT2D eigenvalue weighted by atomic mass is 32.2. The third-order valence-corrected chi connectivity index (χ3v) is 5.06. The number of methoxy groups -OCH3 is 2. The average molecular weight is 314 g/mol. The Labute approximate surface area is 123 Å². The molecule has 0 aromatic heterocycles. The van der Waals surface area contributed by atoms with Crippen LogP contribution in [0.2, 0.25) is 0 Å². The fourth-order valence-electron chi connectivity index (χ4n) is 2.11. The topological polar surface area (TPSA) is 84.9 Å². The van der Waals surface area contributed by atoms with Gasteiger partial charge in [0, 0.05) is 19.2 Å². The Morgan fingerprint density at radius 3 is 2.57 bits per heavy atom. The molecule has 8 heteroatoms. The maximum atomic E-state index is 12.6. The molecule has 1 fully saturated rings. The van der Waals surface area contributed by atoms with Crippen molar-refractivity contribution < 1.29 is 22.7 Å². The molecule has 0 bridgehead atoms. The van der Waals surface area contributed by atoms with E-state index in [0.29, 0.717) is 31.0 Å². The Bertz CT molecular complexity index is 629. The number of carbonyl (C=O) groups excluding carboxylic acids is 1. The summed E-state index contributed by atoms with van der Waals surface area (Å²) in [6.07, 6.45) is 0.582. The van der Waals surface area contributed by atoms with E-state index < -0.39 is 10.0 Å². The smallest absolute Gasteiger partial charge is 0.243 e. The average Bonchev–Trinajstić information content (AvgIpc) is 2.71. The summed E-state index contributed by atoms with van der Waals surface area (Å²) in [5, 5.41) is 2.65. The van der Waals surface area contributed by atoms with Crippen molar-refractivity contribution in [2.45, 2.75) is 11.3 Å². The molecule has 7 nitrogen and oxygen atoms in total. The zero-order chi connectivity index (χ0) is 15.5. The van der Waals surface area contributed by atoms with Gasteiger partial charge >= 0.3 is 0 Å². The molecule has 1 aliphatic rings. The normalized spacial score (nSPS) is 17.0. The van der Waals surface area contributed by atoms with Crippen LogP contribution in [-0.4, -0.2) is 52.5 Å². The first kappa shape index (κ1) is 15.6. The van der Waals surface area contributed by atoms with E-state index in [2.05, 4.69) is 5.32 Å². The van der Waals surface area contributed by atoms with Crippen LogP contribution in [0.5, 0.6) is 11.5 Å². The lowest BCUT2D eigenvalue weighted by molar-refractivity contribution is -0.120. The lowest BCUT2D eigenvalue weighted by atomic mass is 10.3. The van der Waals surface area contributed by atoms with Crippen molar-refractivity contribution in [3.63, 3.8) is 0 Å². The number of hydrogen-bond acceptors (Lipinski definition) is 5. The first-order valence-corrected chi connectivity index (χ1v) is 7.92. The molecule has 21 heavy (non-hydrogen) atoms. The van der Waals surface area contributed by atoms with Crippen LogP contribution in [0, 0.1) is 0 Å². The first-order valence-electron chi connectivity index (χ1n) is 6.48. The number of nitrogens with zero attached hydrogens (tertiary/aromatic N) is 1. The van der Waals surface area contributed by atoms with Crippen molar-refractivity contribution in [1.29, 1.82) is 0 Å². The number of benzene rings is 1. The van der Waals surface area contributed by atoms with Crippen LogP contribution >= 0.6 is 0 Å². The second-order valence-electron chi connectivity index (χ2n) is 4.56. The van der Waals surface area contributed by atoms with E-state index >= 15 is 0 Å². The molecule has 116 valence electrons. The summed E-state index contributed by atoms with van der Waals surface area (Å²) in [7, 11) is -0.823. The van der Waals surface area contributed by atoms with Gasteiger partial charge < -0.3 is 14.8 Å². The van der Waals surface area contributed by atoms with Crippen LogP contribution in [0.4, 0.5) is 0 Å². The summed E-state index contributed by atoms with van der Waals surface area (Å²) in [5.41, 5.74) is 0. The van der Waals surface area contributed by atoms with Crippen molar-refractivity contribution in [1.82, 2.24) is 9.62 Å². The number of hydrogen-bond donors (Lipinski definition) is 1. The van der Waals surface area contributed by atoms with E-state index in [4.69, 9.17) is 9.47 Å². The molecule has 0 unspecified atom stereocenters. The monoisotopic (exact) mass is 314 g/mol. The minimum absolute atomic E-state index is 0.0786. The number of amides is 1. The number of rotatable bonds is 4. The lowest BCUT2D eigenvalue weighted by Gasteiger charge is -2.19. The van der Waals surface area contributed by atoms with Crippen molar-refractivity contribution in [3.05, 3.63) is 18.2 Å². The quantitative estimate of drug-likeness (QED) is 0.859. The van der Waals surface area contributed by atoms with E-state index in [9.17, 15) is 13.2 Å². The van der Waals surface area contributed by atoms with E-state index in [-0.39, 0.29) is 17.3 Å². The third kappa shape index (κ3) is 3.27. The Morgan fingerprint density at radius 1 is 1.19 bits per heavy atom. The molecule has 1 saturated heterocycles. The molecule has 0 aliphatic carbocycles. The van der Waals surface area contributed by atoms with E-state index in [1.54, 1.807) is 0 Å². The second-order valence-corrected chi connectivity index (χ2v) is 6.50. The molecule has 2 rings (SSSR count). The van der Waals surface area contributed by atoms with E-state index in [0.717, 1.165) is 0 Å². The summed E-state index contributed by atoms with van der Waals surface area (Å²) < 4.78 is 36.6. The molecule has 0 saturated carbocycles. The molecule has 1 aromatic carbocycles. The van der Waals surface area contributed by atoms with Crippen molar-refractivity contribution in [2.75, 3.05) is 33.9 Å². The molecule has 0 spiro atoms. The van der Waals surface area contributed by atoms with Gasteiger partial charge in [0.2, 0.25) is 15.9 Å². The third-order valence-electron chi connectivity index (χ3n) is 3.22. The molecule has 1 N–H and O–H groups in total. The van der Waals surface area contributed by atoms with Crippen LogP contribution in [0.1, 0.15) is 6.42 Å². The van der Waals surface area contributed by atoms with E-state index in [1.165, 1.54) is 36.7 Å². The summed E-state index contributed by atoms with van der Waals surface area (Å²) in [6, 6.07) is 4.38. The van der Waals surface area contributed by atoms with Gasteiger partial charge in [0.1, 0.15) is 0 Å². The zero-order valence-corrected chi connectivity index (χ0v) is 12.8. The first-order chi connectivity index (χ1) is 9.98. The summed E-state index contributed by atoms with van der Waals surface area (Å²) in [6.45, 7) is 0.614. The molecular weight excluding hydrogens is 296 g/mol. The van der Waals surface area contributed by atoms with Crippen molar-refractivity contribution in [2.24, 2.45) is 0 Å². The predicted octanol–water partition coefficient (Wildman–Crippen LogP) is 0.214. The van der Waals surface area contributed by atoms with Crippen LogP contribution in [-0.2, 0) is 14.8 Å². The van der Waals surface area contributed by atoms with Crippen LogP contribution < -0.4 is 14.8 Å². The number of sulfonamides is 1. The van der Waals surface area contributed by atoms with Gasteiger partial charge in [-0.25, -0.2) is 8.42 Å². The Kier molecular flexibility index (Phi) is 4.69. The Hall–Kier alpha value is -1.80. The van der Waals surface area contributed by atoms with Gasteiger partial charge in [-0.15, -0.1) is 0 Å². The minimum atomic E-state index is -3.74. The van der Waals surface area contributed by atoms with Gasteiger partial charge in [0.25, 0.3) is 0 Å². The van der Waals surface area contributed by atoms with Gasteiger partial charge in [-0.05, 0) is 18.6 Å². The zero-order valence-electron chi connectivity index (χ0n) is 12.0. The molecule has 1 amide bonds. The summed E-state index contributed by atoms with van der Waals surface area (Å²) in [4.78, 5) is 11.6. The number of nitrogens with one attached hydrogen (secondary N) is 1. The SMILES string of the molecule is COc1ccc(S(=O)(=O)N2CCCNC(=O)C2)cc1OC. The standard InChI is InChI=1S/C13H18N2O5S/c1-19-11-5-4-10(8-12(11)20-2)21(17,18)15-7-3-6-14-13(16)9-15/h4-5,8H,3,6-7,9H2,1-2H3,(H,14,16). The lowest BCUT2D eigenvalue weighted by Crippen LogP contribution is -2.37. The van der Waals surface area contributed by atoms with Crippen molar-refractivity contribution in [3.8, 4) is 11.5 Å². The predicted molar refractivity (Wildman–Crippen MR) is 75.9 cm³/mol. The second kappa shape index (κ2) is 6.31. The van der Waals surface area contributed by atoms with Crippen LogP contribution in [0.3, 0.4) is 0 Å². The van der Waals surface area contributed by atoms with Gasteiger partial charge in [-0.2, -0.15) is 4.31 Å². The maximum Gasteiger partial charge on any atom is 0.243 e. The highest BCUT2D eigenvalue weighted by Gasteiger charge is 2.28. The fraction of sp³-hybridized carbons (Fsp3) is 0.462. The highest BCUT2D eigenvalue weighted by molar-refractivity contribution is 7.89. The van der Waals surface area contributed by atoms with Crippen molar-refractivity contribution >= 4 is 15.9 Å². The molecule has 1 heterocycles. The van der Waals surface area contributed by atoms with E-state index in [1.807, 2.05) is 0 Å². The number of ether oxygens (including phenoxy) is 2. The van der Waals surface area contributed by atoms with Crippen LogP contribution in [0.25, 0.3) is 0 Å². The highest BCUT2D eigenvalue weighted by Crippen LogP contribution is 2.30. The van der Waals surface area contributed by atoms with Gasteiger partial charge in [-0.1, -0.05) is 0 Å². The largest absolute Gasteiger partial charge is 0.493 e.